The summed E-state index contributed by atoms with van der Waals surface area (Å²) in [5.74, 6) is -0.485. The van der Waals surface area contributed by atoms with E-state index in [0.717, 1.165) is 31.9 Å². The summed E-state index contributed by atoms with van der Waals surface area (Å²) >= 11 is 18.4. The molecule has 2 aromatic rings. The normalized spacial score (nSPS) is 15.1. The van der Waals surface area contributed by atoms with Gasteiger partial charge in [0.1, 0.15) is 6.04 Å². The zero-order chi connectivity index (χ0) is 27.9. The summed E-state index contributed by atoms with van der Waals surface area (Å²) < 4.78 is 26.1. The summed E-state index contributed by atoms with van der Waals surface area (Å²) in [6.45, 7) is 1.93. The Hall–Kier alpha value is -2.00. The van der Waals surface area contributed by atoms with Crippen molar-refractivity contribution in [2.75, 3.05) is 17.1 Å². The third-order valence-electron chi connectivity index (χ3n) is 6.74. The predicted octanol–water partition coefficient (Wildman–Crippen LogP) is 6.06. The molecule has 2 aromatic carbocycles. The van der Waals surface area contributed by atoms with Crippen molar-refractivity contribution in [3.63, 3.8) is 0 Å². The lowest BCUT2D eigenvalue weighted by atomic mass is 9.95. The number of benzene rings is 2. The van der Waals surface area contributed by atoms with Crippen molar-refractivity contribution in [3.05, 3.63) is 63.1 Å². The van der Waals surface area contributed by atoms with E-state index in [1.54, 1.807) is 49.4 Å². The average Bonchev–Trinajstić information content (AvgIpc) is 2.86. The van der Waals surface area contributed by atoms with Crippen molar-refractivity contribution in [1.82, 2.24) is 10.2 Å². The first kappa shape index (κ1) is 30.5. The molecule has 1 N–H and O–H groups in total. The minimum atomic E-state index is -3.58. The van der Waals surface area contributed by atoms with Crippen molar-refractivity contribution in [2.45, 2.75) is 70.5 Å². The van der Waals surface area contributed by atoms with E-state index in [1.807, 2.05) is 0 Å². The van der Waals surface area contributed by atoms with Crippen LogP contribution in [0.25, 0.3) is 0 Å². The van der Waals surface area contributed by atoms with Gasteiger partial charge in [0.05, 0.1) is 11.9 Å². The maximum atomic E-state index is 13.5. The average molecular weight is 603 g/mol. The van der Waals surface area contributed by atoms with Crippen LogP contribution in [0.5, 0.6) is 0 Å². The van der Waals surface area contributed by atoms with Gasteiger partial charge in [-0.05, 0) is 68.1 Å². The SMILES string of the molecule is C[C@H](C(=O)NC1CCCCC1)N(Cc1ccc(Cl)cc1Cl)C(=O)CCCN(c1ccc(Cl)cc1)S(C)(=O)=O. The number of nitrogens with zero attached hydrogens (tertiary/aromatic N) is 2. The molecule has 2 amide bonds. The van der Waals surface area contributed by atoms with Crippen LogP contribution in [0.4, 0.5) is 5.69 Å². The van der Waals surface area contributed by atoms with Crippen molar-refractivity contribution in [1.29, 1.82) is 0 Å². The van der Waals surface area contributed by atoms with E-state index >= 15 is 0 Å². The number of carbonyl (C=O) groups is 2. The van der Waals surface area contributed by atoms with Crippen LogP contribution in [0.3, 0.4) is 0 Å². The Bertz CT molecular complexity index is 1220. The number of amides is 2. The van der Waals surface area contributed by atoms with Gasteiger partial charge in [0, 0.05) is 40.6 Å². The first-order valence-corrected chi connectivity index (χ1v) is 15.7. The summed E-state index contributed by atoms with van der Waals surface area (Å²) in [4.78, 5) is 28.1. The molecular formula is C27H34Cl3N3O4S. The first-order chi connectivity index (χ1) is 18.0. The summed E-state index contributed by atoms with van der Waals surface area (Å²) in [5.41, 5.74) is 1.13. The molecule has 1 aliphatic carbocycles. The minimum Gasteiger partial charge on any atom is -0.352 e. The van der Waals surface area contributed by atoms with E-state index in [9.17, 15) is 18.0 Å². The van der Waals surface area contributed by atoms with Crippen molar-refractivity contribution in [2.24, 2.45) is 0 Å². The Kier molecular flexibility index (Phi) is 11.2. The molecule has 0 unspecified atom stereocenters. The van der Waals surface area contributed by atoms with Crippen LogP contribution in [0.15, 0.2) is 42.5 Å². The second-order valence-corrected chi connectivity index (χ2v) is 12.9. The minimum absolute atomic E-state index is 0.0475. The predicted molar refractivity (Wildman–Crippen MR) is 154 cm³/mol. The lowest BCUT2D eigenvalue weighted by Crippen LogP contribution is -2.50. The smallest absolute Gasteiger partial charge is 0.242 e. The summed E-state index contributed by atoms with van der Waals surface area (Å²) in [6, 6.07) is 10.9. The number of anilines is 1. The van der Waals surface area contributed by atoms with E-state index in [1.165, 1.54) is 15.6 Å². The zero-order valence-corrected chi connectivity index (χ0v) is 24.7. The fourth-order valence-corrected chi connectivity index (χ4v) is 6.16. The molecule has 3 rings (SSSR count). The molecule has 0 aliphatic heterocycles. The molecule has 208 valence electrons. The highest BCUT2D eigenvalue weighted by molar-refractivity contribution is 7.92. The second-order valence-electron chi connectivity index (χ2n) is 9.69. The van der Waals surface area contributed by atoms with Gasteiger partial charge < -0.3 is 10.2 Å². The highest BCUT2D eigenvalue weighted by atomic mass is 35.5. The Balaban J connectivity index is 1.74. The Morgan fingerprint density at radius 3 is 2.24 bits per heavy atom. The molecular weight excluding hydrogens is 569 g/mol. The number of hydrogen-bond donors (Lipinski definition) is 1. The quantitative estimate of drug-likeness (QED) is 0.339. The van der Waals surface area contributed by atoms with Crippen LogP contribution in [0.2, 0.25) is 15.1 Å². The van der Waals surface area contributed by atoms with Gasteiger partial charge in [-0.1, -0.05) is 60.1 Å². The fraction of sp³-hybridized carbons (Fsp3) is 0.481. The van der Waals surface area contributed by atoms with Crippen LogP contribution in [-0.4, -0.2) is 50.0 Å². The molecule has 1 aliphatic rings. The highest BCUT2D eigenvalue weighted by Gasteiger charge is 2.29. The van der Waals surface area contributed by atoms with E-state index in [2.05, 4.69) is 5.32 Å². The third kappa shape index (κ3) is 8.76. The molecule has 1 atom stereocenters. The number of rotatable bonds is 11. The second kappa shape index (κ2) is 13.9. The van der Waals surface area contributed by atoms with E-state index in [0.29, 0.717) is 26.3 Å². The summed E-state index contributed by atoms with van der Waals surface area (Å²) in [7, 11) is -3.58. The number of nitrogens with one attached hydrogen (secondary N) is 1. The first-order valence-electron chi connectivity index (χ1n) is 12.7. The van der Waals surface area contributed by atoms with Crippen LogP contribution < -0.4 is 9.62 Å². The van der Waals surface area contributed by atoms with Gasteiger partial charge in [0.15, 0.2) is 0 Å². The van der Waals surface area contributed by atoms with Gasteiger partial charge in [-0.15, -0.1) is 0 Å². The topological polar surface area (TPSA) is 86.8 Å². The third-order valence-corrected chi connectivity index (χ3v) is 8.77. The van der Waals surface area contributed by atoms with E-state index in [-0.39, 0.29) is 43.8 Å². The summed E-state index contributed by atoms with van der Waals surface area (Å²) in [6.07, 6.45) is 6.61. The molecule has 0 radical (unpaired) electrons. The molecule has 1 saturated carbocycles. The maximum absolute atomic E-state index is 13.5. The number of sulfonamides is 1. The lowest BCUT2D eigenvalue weighted by Gasteiger charge is -2.32. The monoisotopic (exact) mass is 601 g/mol. The van der Waals surface area contributed by atoms with Gasteiger partial charge in [0.25, 0.3) is 0 Å². The Labute approximate surface area is 240 Å². The highest BCUT2D eigenvalue weighted by Crippen LogP contribution is 2.25. The summed E-state index contributed by atoms with van der Waals surface area (Å²) in [5, 5.41) is 4.47. The largest absolute Gasteiger partial charge is 0.352 e. The van der Waals surface area contributed by atoms with Gasteiger partial charge in [-0.2, -0.15) is 0 Å². The zero-order valence-electron chi connectivity index (χ0n) is 21.6. The van der Waals surface area contributed by atoms with E-state index in [4.69, 9.17) is 34.8 Å². The molecule has 0 saturated heterocycles. The molecule has 7 nitrogen and oxygen atoms in total. The Morgan fingerprint density at radius 1 is 1.00 bits per heavy atom. The molecule has 0 spiro atoms. The van der Waals surface area contributed by atoms with Gasteiger partial charge >= 0.3 is 0 Å². The number of carbonyl (C=O) groups excluding carboxylic acids is 2. The number of halogens is 3. The molecule has 1 fully saturated rings. The van der Waals surface area contributed by atoms with Crippen LogP contribution in [0.1, 0.15) is 57.4 Å². The number of hydrogen-bond acceptors (Lipinski definition) is 4. The van der Waals surface area contributed by atoms with E-state index < -0.39 is 16.1 Å². The molecule has 0 heterocycles. The van der Waals surface area contributed by atoms with Gasteiger partial charge in [-0.3, -0.25) is 13.9 Å². The van der Waals surface area contributed by atoms with Crippen LogP contribution in [0, 0.1) is 0 Å². The van der Waals surface area contributed by atoms with Gasteiger partial charge in [-0.25, -0.2) is 8.42 Å². The van der Waals surface area contributed by atoms with Crippen molar-refractivity contribution < 1.29 is 18.0 Å². The van der Waals surface area contributed by atoms with Gasteiger partial charge in [0.2, 0.25) is 21.8 Å². The lowest BCUT2D eigenvalue weighted by molar-refractivity contribution is -0.141. The van der Waals surface area contributed by atoms with Crippen LogP contribution >= 0.6 is 34.8 Å². The molecule has 0 bridgehead atoms. The molecule has 11 heteroatoms. The van der Waals surface area contributed by atoms with Crippen molar-refractivity contribution >= 4 is 62.3 Å². The fourth-order valence-electron chi connectivity index (χ4n) is 4.60. The van der Waals surface area contributed by atoms with Crippen molar-refractivity contribution in [3.8, 4) is 0 Å². The Morgan fingerprint density at radius 2 is 1.63 bits per heavy atom. The standard InChI is InChI=1S/C27H34Cl3N3O4S/c1-19(27(35)31-23-7-4-3-5-8-23)32(18-20-10-11-22(29)17-25(20)30)26(34)9-6-16-33(38(2,36)37)24-14-12-21(28)13-15-24/h10-15,17,19,23H,3-9,16,18H2,1-2H3,(H,31,35)/t19-/m1/s1. The molecule has 38 heavy (non-hydrogen) atoms. The maximum Gasteiger partial charge on any atom is 0.242 e. The van der Waals surface area contributed by atoms with Crippen LogP contribution in [-0.2, 0) is 26.2 Å². The molecule has 0 aromatic heterocycles.